The molecule has 13 atom stereocenters. The van der Waals surface area contributed by atoms with Crippen LogP contribution in [-0.2, 0) is 71.0 Å². The number of carbonyl (C=O) groups is 6. The Morgan fingerprint density at radius 3 is 0.907 bits per heavy atom. The second-order valence-corrected chi connectivity index (χ2v) is 35.4. The summed E-state index contributed by atoms with van der Waals surface area (Å²) in [5.74, 6) is -3.40. The fraction of sp³-hybridized carbons (Fsp3) is 0.938. The third-order valence-corrected chi connectivity index (χ3v) is 24.3. The van der Waals surface area contributed by atoms with E-state index in [0.29, 0.717) is 51.4 Å². The van der Waals surface area contributed by atoms with Gasteiger partial charge in [0.2, 0.25) is 11.8 Å². The second kappa shape index (κ2) is 78.3. The molecule has 0 aromatic carbocycles. The van der Waals surface area contributed by atoms with Gasteiger partial charge in [-0.05, 0) is 57.8 Å². The standard InChI is InChI=1S/C96H179N2O19P/c1-7-13-19-25-31-37-39-40-42-48-54-59-65-70-85(102)111-78(67-61-55-49-43-33-27-21-15-9-3)73-83(100)97-89-92(107)91(106)82(114-95(89)108)77-110-96-90(98-84(101)74-79(68-62-56-50-44-34-28-22-16-10-4)112-86(103)71-64-58-52-46-36-30-24-18-12-6)94(93(117-118-109)81(76-99)115-96)116-88(105)75-80(69-63-57-51-45-35-29-23-17-11-5)113-87(104)72-66-60-53-47-41-38-32-26-20-14-8-2/h78-82,89-96,99,106-108H,7-77H2,1-6H3,(H,97,100)(H,98,101)/t78-,79-,80-,81?,82?,89?,90?,91?,92?,93?,94?,95?,96?/m1/s1. The maximum atomic E-state index is 14.9. The van der Waals surface area contributed by atoms with Crippen LogP contribution in [0.2, 0.25) is 0 Å². The number of ether oxygens (including phenoxy) is 7. The smallest absolute Gasteiger partial charge is 0.327 e. The number of hydrogen-bond donors (Lipinski definition) is 6. The summed E-state index contributed by atoms with van der Waals surface area (Å²) in [4.78, 5) is 84.7. The molecule has 0 spiro atoms. The number of unbranched alkanes of at least 4 members (excludes halogenated alkanes) is 54. The molecule has 118 heavy (non-hydrogen) atoms. The van der Waals surface area contributed by atoms with E-state index in [-0.39, 0.29) is 38.1 Å². The fourth-order valence-corrected chi connectivity index (χ4v) is 16.9. The molecule has 2 aliphatic heterocycles. The quantitative estimate of drug-likeness (QED) is 0.0143. The first-order chi connectivity index (χ1) is 57.6. The molecule has 0 aromatic rings. The van der Waals surface area contributed by atoms with E-state index >= 15 is 0 Å². The van der Waals surface area contributed by atoms with Crippen molar-refractivity contribution >= 4 is 44.4 Å². The van der Waals surface area contributed by atoms with Crippen molar-refractivity contribution in [2.45, 2.75) is 564 Å². The van der Waals surface area contributed by atoms with Crippen LogP contribution in [0.3, 0.4) is 0 Å². The molecule has 0 aromatic heterocycles. The number of esters is 4. The van der Waals surface area contributed by atoms with Crippen molar-refractivity contribution in [3.8, 4) is 0 Å². The summed E-state index contributed by atoms with van der Waals surface area (Å²) in [7, 11) is -0.893. The van der Waals surface area contributed by atoms with Gasteiger partial charge in [-0.3, -0.25) is 33.3 Å². The minimum atomic E-state index is -1.91. The monoisotopic (exact) mass is 1700 g/mol. The Morgan fingerprint density at radius 2 is 0.610 bits per heavy atom. The maximum absolute atomic E-state index is 14.9. The summed E-state index contributed by atoms with van der Waals surface area (Å²) in [5, 5.41) is 51.9. The van der Waals surface area contributed by atoms with E-state index in [0.717, 1.165) is 154 Å². The molecule has 2 fully saturated rings. The van der Waals surface area contributed by atoms with Crippen LogP contribution in [0.5, 0.6) is 0 Å². The normalized spacial score (nSPS) is 20.2. The van der Waals surface area contributed by atoms with Crippen molar-refractivity contribution in [3.63, 3.8) is 0 Å². The zero-order chi connectivity index (χ0) is 86.0. The lowest BCUT2D eigenvalue weighted by molar-refractivity contribution is -0.296. The van der Waals surface area contributed by atoms with E-state index in [9.17, 15) is 53.8 Å². The van der Waals surface area contributed by atoms with Crippen LogP contribution in [0.4, 0.5) is 0 Å². The minimum absolute atomic E-state index is 0.180. The van der Waals surface area contributed by atoms with E-state index in [1.165, 1.54) is 199 Å². The molecule has 2 heterocycles. The summed E-state index contributed by atoms with van der Waals surface area (Å²) in [6, 6.07) is -3.10. The molecule has 10 unspecified atom stereocenters. The fourth-order valence-electron chi connectivity index (χ4n) is 16.6. The van der Waals surface area contributed by atoms with Crippen LogP contribution < -0.4 is 10.6 Å². The highest BCUT2D eigenvalue weighted by molar-refractivity contribution is 7.17. The molecule has 2 rings (SSSR count). The molecule has 0 bridgehead atoms. The van der Waals surface area contributed by atoms with Crippen molar-refractivity contribution in [1.82, 2.24) is 10.6 Å². The highest BCUT2D eigenvalue weighted by Crippen LogP contribution is 2.33. The molecular weight excluding hydrogens is 1520 g/mol. The lowest BCUT2D eigenvalue weighted by atomic mass is 9.95. The van der Waals surface area contributed by atoms with E-state index in [1.54, 1.807) is 0 Å². The van der Waals surface area contributed by atoms with Gasteiger partial charge < -0.3 is 64.2 Å². The molecule has 2 aliphatic rings. The van der Waals surface area contributed by atoms with Crippen LogP contribution in [0.25, 0.3) is 0 Å². The molecule has 22 heteroatoms. The van der Waals surface area contributed by atoms with Crippen molar-refractivity contribution in [2.75, 3.05) is 13.2 Å². The van der Waals surface area contributed by atoms with Crippen LogP contribution >= 0.6 is 8.69 Å². The third kappa shape index (κ3) is 58.7. The molecule has 6 N–H and O–H groups in total. The van der Waals surface area contributed by atoms with E-state index in [4.69, 9.17) is 37.7 Å². The van der Waals surface area contributed by atoms with E-state index in [2.05, 4.69) is 52.2 Å². The lowest BCUT2D eigenvalue weighted by Crippen LogP contribution is -2.67. The summed E-state index contributed by atoms with van der Waals surface area (Å²) < 4.78 is 61.8. The molecule has 692 valence electrons. The summed E-state index contributed by atoms with van der Waals surface area (Å²) in [5.41, 5.74) is 0. The Hall–Kier alpha value is -3.40. The van der Waals surface area contributed by atoms with Gasteiger partial charge in [-0.15, -0.1) is 0 Å². The van der Waals surface area contributed by atoms with Crippen molar-refractivity contribution in [3.05, 3.63) is 0 Å². The minimum Gasteiger partial charge on any atom is -0.462 e. The predicted molar refractivity (Wildman–Crippen MR) is 473 cm³/mol. The van der Waals surface area contributed by atoms with Crippen molar-refractivity contribution in [1.29, 1.82) is 0 Å². The Balaban J connectivity index is 2.51. The van der Waals surface area contributed by atoms with Crippen LogP contribution in [0.1, 0.15) is 485 Å². The number of rotatable bonds is 84. The average Bonchev–Trinajstić information content (AvgIpc) is 0.783. The van der Waals surface area contributed by atoms with Crippen molar-refractivity contribution in [2.24, 2.45) is 0 Å². The molecular formula is C96H179N2O19P. The van der Waals surface area contributed by atoms with Gasteiger partial charge in [0.15, 0.2) is 18.7 Å². The lowest BCUT2D eigenvalue weighted by Gasteiger charge is -2.45. The zero-order valence-corrected chi connectivity index (χ0v) is 77.0. The van der Waals surface area contributed by atoms with Crippen molar-refractivity contribution < 1.29 is 91.4 Å². The van der Waals surface area contributed by atoms with Gasteiger partial charge in [0.25, 0.3) is 0 Å². The van der Waals surface area contributed by atoms with Gasteiger partial charge in [-0.1, -0.05) is 388 Å². The molecule has 0 aliphatic carbocycles. The SMILES string of the molecule is CCCCCCCCCCCCCCCC(=O)O[C@H](CCCCCCCCCCC)CC(=O)NC1C(O)OC(COC2OC(CO)C(OP=O)C(OC(=O)C[C@@H](CCCCCCCCCCC)OC(=O)CCCCCCCCCCCCC)C2NC(=O)C[C@@H](CCCCCCCCCCC)OC(=O)CCCCCCCCCCC)C(O)C1O. The van der Waals surface area contributed by atoms with Crippen LogP contribution in [-0.4, -0.2) is 149 Å². The number of aliphatic hydroxyl groups excluding tert-OH is 4. The molecule has 0 saturated carbocycles. The maximum Gasteiger partial charge on any atom is 0.327 e. The number of hydrogen-bond acceptors (Lipinski definition) is 19. The molecule has 2 saturated heterocycles. The van der Waals surface area contributed by atoms with Crippen LogP contribution in [0.15, 0.2) is 0 Å². The van der Waals surface area contributed by atoms with E-state index in [1.807, 2.05) is 0 Å². The summed E-state index contributed by atoms with van der Waals surface area (Å²) in [6.07, 6.45) is 50.7. The molecule has 21 nitrogen and oxygen atoms in total. The average molecular weight is 1700 g/mol. The molecule has 0 radical (unpaired) electrons. The molecule has 2 amide bonds. The Labute approximate surface area is 720 Å². The predicted octanol–water partition coefficient (Wildman–Crippen LogP) is 23.4. The van der Waals surface area contributed by atoms with Crippen LogP contribution in [0, 0.1) is 0 Å². The van der Waals surface area contributed by atoms with Gasteiger partial charge in [-0.2, -0.15) is 0 Å². The number of carbonyl (C=O) groups excluding carboxylic acids is 6. The summed E-state index contributed by atoms with van der Waals surface area (Å²) in [6.45, 7) is 11.8. The first-order valence-corrected chi connectivity index (χ1v) is 50.2. The topological polar surface area (TPSA) is 298 Å². The van der Waals surface area contributed by atoms with Gasteiger partial charge in [0.1, 0.15) is 60.9 Å². The Morgan fingerprint density at radius 1 is 0.331 bits per heavy atom. The first kappa shape index (κ1) is 111. The van der Waals surface area contributed by atoms with Gasteiger partial charge in [-0.25, -0.2) is 4.57 Å². The largest absolute Gasteiger partial charge is 0.462 e. The number of aliphatic hydroxyl groups is 4. The second-order valence-electron chi connectivity index (χ2n) is 35.0. The number of nitrogens with one attached hydrogen (secondary N) is 2. The Bertz CT molecular complexity index is 2400. The zero-order valence-electron chi connectivity index (χ0n) is 76.1. The highest BCUT2D eigenvalue weighted by Gasteiger charge is 2.52. The first-order valence-electron chi connectivity index (χ1n) is 49.5. The number of amides is 2. The summed E-state index contributed by atoms with van der Waals surface area (Å²) >= 11 is 0. The van der Waals surface area contributed by atoms with Gasteiger partial charge in [0, 0.05) is 19.3 Å². The van der Waals surface area contributed by atoms with Gasteiger partial charge >= 0.3 is 32.6 Å². The van der Waals surface area contributed by atoms with E-state index < -0.39 is 138 Å². The Kier molecular flexibility index (Phi) is 73.5. The highest BCUT2D eigenvalue weighted by atomic mass is 31.1. The third-order valence-electron chi connectivity index (χ3n) is 24.0. The van der Waals surface area contributed by atoms with Gasteiger partial charge in [0.05, 0.1) is 32.5 Å².